The summed E-state index contributed by atoms with van der Waals surface area (Å²) in [5, 5.41) is 0. The summed E-state index contributed by atoms with van der Waals surface area (Å²) >= 11 is 0. The third-order valence-corrected chi connectivity index (χ3v) is 2.56. The predicted octanol–water partition coefficient (Wildman–Crippen LogP) is 3.99. The maximum Gasteiger partial charge on any atom is 0.0129 e. The summed E-state index contributed by atoms with van der Waals surface area (Å²) in [4.78, 5) is 0. The van der Waals surface area contributed by atoms with Gasteiger partial charge in [-0.1, -0.05) is 37.6 Å². The first kappa shape index (κ1) is 11.9. The smallest absolute Gasteiger partial charge is 0.0129 e. The molecule has 0 aromatic heterocycles. The van der Waals surface area contributed by atoms with Crippen LogP contribution in [0.2, 0.25) is 0 Å². The number of unbranched alkanes of at least 4 members (excludes halogenated alkanes) is 1. The van der Waals surface area contributed by atoms with E-state index in [1.807, 2.05) is 6.92 Å². The Labute approximate surface area is 93.7 Å². The maximum atomic E-state index is 3.10. The summed E-state index contributed by atoms with van der Waals surface area (Å²) < 4.78 is 0. The second kappa shape index (κ2) is 7.12. The molecule has 0 heterocycles. The minimum absolute atomic E-state index is 0.977. The van der Waals surface area contributed by atoms with Crippen molar-refractivity contribution in [2.24, 2.45) is 0 Å². The van der Waals surface area contributed by atoms with E-state index in [1.54, 1.807) is 0 Å². The quantitative estimate of drug-likeness (QED) is 0.631. The van der Waals surface area contributed by atoms with Gasteiger partial charge in [0.1, 0.15) is 0 Å². The van der Waals surface area contributed by atoms with Gasteiger partial charge < -0.3 is 0 Å². The normalized spacial score (nSPS) is 9.47. The van der Waals surface area contributed by atoms with Gasteiger partial charge in [-0.15, -0.1) is 11.8 Å². The number of hydrogen-bond donors (Lipinski definition) is 0. The second-order valence-electron chi connectivity index (χ2n) is 3.85. The Balaban J connectivity index is 2.43. The van der Waals surface area contributed by atoms with E-state index in [-0.39, 0.29) is 0 Å². The molecule has 1 aromatic carbocycles. The summed E-state index contributed by atoms with van der Waals surface area (Å²) in [6.07, 6.45) is 5.83. The molecule has 0 atom stereocenters. The molecule has 0 radical (unpaired) electrons. The van der Waals surface area contributed by atoms with E-state index in [1.165, 1.54) is 30.4 Å². The Bertz CT molecular complexity index is 321. The zero-order valence-electron chi connectivity index (χ0n) is 9.84. The van der Waals surface area contributed by atoms with Gasteiger partial charge in [-0.3, -0.25) is 0 Å². The average Bonchev–Trinajstić information content (AvgIpc) is 2.28. The third kappa shape index (κ3) is 4.70. The fourth-order valence-electron chi connectivity index (χ4n) is 1.59. The van der Waals surface area contributed by atoms with Crippen LogP contribution in [0.15, 0.2) is 24.3 Å². The van der Waals surface area contributed by atoms with Crippen LogP contribution in [-0.2, 0) is 12.8 Å². The monoisotopic (exact) mass is 200 g/mol. The summed E-state index contributed by atoms with van der Waals surface area (Å²) in [7, 11) is 0. The molecule has 1 rings (SSSR count). The molecular formula is C15H20. The summed E-state index contributed by atoms with van der Waals surface area (Å²) in [5.74, 6) is 6.02. The van der Waals surface area contributed by atoms with Crippen LogP contribution in [0.4, 0.5) is 0 Å². The number of hydrogen-bond acceptors (Lipinski definition) is 0. The second-order valence-corrected chi connectivity index (χ2v) is 3.85. The van der Waals surface area contributed by atoms with E-state index in [0.29, 0.717) is 0 Å². The van der Waals surface area contributed by atoms with Crippen LogP contribution < -0.4 is 0 Å². The first-order valence-corrected chi connectivity index (χ1v) is 5.84. The zero-order chi connectivity index (χ0) is 10.9. The molecule has 0 aliphatic rings. The molecule has 0 aliphatic heterocycles. The summed E-state index contributed by atoms with van der Waals surface area (Å²) in [6, 6.07) is 8.99. The molecule has 0 fully saturated rings. The first-order chi connectivity index (χ1) is 7.36. The van der Waals surface area contributed by atoms with Crippen LogP contribution in [0.25, 0.3) is 0 Å². The zero-order valence-corrected chi connectivity index (χ0v) is 9.84. The molecule has 0 amide bonds. The van der Waals surface area contributed by atoms with Crippen LogP contribution in [0.1, 0.15) is 44.2 Å². The van der Waals surface area contributed by atoms with E-state index in [4.69, 9.17) is 0 Å². The summed E-state index contributed by atoms with van der Waals surface area (Å²) in [6.45, 7) is 4.13. The van der Waals surface area contributed by atoms with Crippen molar-refractivity contribution < 1.29 is 0 Å². The fraction of sp³-hybridized carbons (Fsp3) is 0.467. The fourth-order valence-corrected chi connectivity index (χ4v) is 1.59. The topological polar surface area (TPSA) is 0 Å². The van der Waals surface area contributed by atoms with E-state index < -0.39 is 0 Å². The van der Waals surface area contributed by atoms with Gasteiger partial charge in [0.25, 0.3) is 0 Å². The largest absolute Gasteiger partial charge is 0.107 e. The molecule has 80 valence electrons. The minimum Gasteiger partial charge on any atom is -0.107 e. The molecule has 0 unspecified atom stereocenters. The number of benzene rings is 1. The van der Waals surface area contributed by atoms with Gasteiger partial charge in [0.05, 0.1) is 0 Å². The van der Waals surface area contributed by atoms with Crippen molar-refractivity contribution in [3.05, 3.63) is 35.4 Å². The number of aryl methyl sites for hydroxylation is 2. The molecule has 0 heteroatoms. The molecule has 0 spiro atoms. The maximum absolute atomic E-state index is 3.10. The highest BCUT2D eigenvalue weighted by atomic mass is 14.0. The molecule has 1 aromatic rings. The molecule has 0 saturated heterocycles. The van der Waals surface area contributed by atoms with Crippen molar-refractivity contribution in [1.82, 2.24) is 0 Å². The molecule has 0 aliphatic carbocycles. The molecule has 0 saturated carbocycles. The van der Waals surface area contributed by atoms with Crippen molar-refractivity contribution in [1.29, 1.82) is 0 Å². The van der Waals surface area contributed by atoms with Gasteiger partial charge in [0.2, 0.25) is 0 Å². The highest BCUT2D eigenvalue weighted by Gasteiger charge is 1.94. The molecule has 0 bridgehead atoms. The Kier molecular flexibility index (Phi) is 5.63. The van der Waals surface area contributed by atoms with Gasteiger partial charge in [0, 0.05) is 6.42 Å². The Morgan fingerprint density at radius 1 is 1.00 bits per heavy atom. The van der Waals surface area contributed by atoms with Gasteiger partial charge in [0.15, 0.2) is 0 Å². The lowest BCUT2D eigenvalue weighted by Crippen LogP contribution is -1.87. The average molecular weight is 200 g/mol. The van der Waals surface area contributed by atoms with E-state index in [2.05, 4.69) is 43.0 Å². The minimum atomic E-state index is 0.977. The summed E-state index contributed by atoms with van der Waals surface area (Å²) in [5.41, 5.74) is 2.86. The molecule has 15 heavy (non-hydrogen) atoms. The van der Waals surface area contributed by atoms with Crippen LogP contribution >= 0.6 is 0 Å². The predicted molar refractivity (Wildman–Crippen MR) is 66.8 cm³/mol. The van der Waals surface area contributed by atoms with E-state index in [0.717, 1.165) is 12.8 Å². The van der Waals surface area contributed by atoms with Crippen molar-refractivity contribution in [3.63, 3.8) is 0 Å². The highest BCUT2D eigenvalue weighted by Crippen LogP contribution is 2.09. The first-order valence-electron chi connectivity index (χ1n) is 5.84. The molecular weight excluding hydrogens is 180 g/mol. The third-order valence-electron chi connectivity index (χ3n) is 2.56. The van der Waals surface area contributed by atoms with Gasteiger partial charge in [-0.05, 0) is 37.3 Å². The Hall–Kier alpha value is -1.22. The van der Waals surface area contributed by atoms with Crippen molar-refractivity contribution in [2.75, 3.05) is 0 Å². The Morgan fingerprint density at radius 2 is 1.60 bits per heavy atom. The lowest BCUT2D eigenvalue weighted by Gasteiger charge is -2.02. The van der Waals surface area contributed by atoms with Crippen molar-refractivity contribution in [3.8, 4) is 11.8 Å². The SMILES string of the molecule is CC#CCCc1ccc(CCCC)cc1. The van der Waals surface area contributed by atoms with Crippen LogP contribution in [0.5, 0.6) is 0 Å². The lowest BCUT2D eigenvalue weighted by molar-refractivity contribution is 0.794. The standard InChI is InChI=1S/C15H20/c1-3-5-7-9-15-12-10-14(11-13-15)8-6-4-2/h10-13H,4,6-9H2,1-2H3. The van der Waals surface area contributed by atoms with Gasteiger partial charge in [-0.25, -0.2) is 0 Å². The number of rotatable bonds is 5. The van der Waals surface area contributed by atoms with Crippen LogP contribution in [-0.4, -0.2) is 0 Å². The molecule has 0 N–H and O–H groups in total. The molecule has 0 nitrogen and oxygen atoms in total. The van der Waals surface area contributed by atoms with Gasteiger partial charge in [-0.2, -0.15) is 0 Å². The lowest BCUT2D eigenvalue weighted by atomic mass is 10.0. The van der Waals surface area contributed by atoms with E-state index in [9.17, 15) is 0 Å². The van der Waals surface area contributed by atoms with Crippen LogP contribution in [0.3, 0.4) is 0 Å². The van der Waals surface area contributed by atoms with Crippen molar-refractivity contribution in [2.45, 2.75) is 46.0 Å². The van der Waals surface area contributed by atoms with E-state index >= 15 is 0 Å². The van der Waals surface area contributed by atoms with Crippen molar-refractivity contribution >= 4 is 0 Å². The van der Waals surface area contributed by atoms with Crippen LogP contribution in [0, 0.1) is 11.8 Å². The van der Waals surface area contributed by atoms with Gasteiger partial charge >= 0.3 is 0 Å². The highest BCUT2D eigenvalue weighted by molar-refractivity contribution is 5.23. The Morgan fingerprint density at radius 3 is 2.13 bits per heavy atom.